The SMILES string of the molecule is CC1(C)c2ccc(-c3cccc(-c4cc(-c5ccccc5)nc(-c5ccccc5)n4)c3)cc2-c2cc(-c3cccc(-c4cc(-c5ccccc5)nc(-c5ccccc5)n4)c3)ccc21. The molecule has 11 rings (SSSR count). The summed E-state index contributed by atoms with van der Waals surface area (Å²) in [5.74, 6) is 1.42. The maximum Gasteiger partial charge on any atom is 0.160 e. The van der Waals surface area contributed by atoms with Crippen LogP contribution >= 0.6 is 0 Å². The number of fused-ring (bicyclic) bond motifs is 3. The van der Waals surface area contributed by atoms with Gasteiger partial charge in [-0.15, -0.1) is 0 Å². The highest BCUT2D eigenvalue weighted by Crippen LogP contribution is 2.51. The van der Waals surface area contributed by atoms with Crippen molar-refractivity contribution in [3.8, 4) is 101 Å². The van der Waals surface area contributed by atoms with Gasteiger partial charge in [0.05, 0.1) is 22.8 Å². The molecule has 0 bridgehead atoms. The first kappa shape index (κ1) is 37.9. The van der Waals surface area contributed by atoms with Crippen LogP contribution < -0.4 is 0 Å². The predicted molar refractivity (Wildman–Crippen MR) is 259 cm³/mol. The molecule has 0 N–H and O–H groups in total. The minimum Gasteiger partial charge on any atom is -0.228 e. The highest BCUT2D eigenvalue weighted by Gasteiger charge is 2.35. The number of rotatable bonds is 8. The van der Waals surface area contributed by atoms with E-state index >= 15 is 0 Å². The van der Waals surface area contributed by atoms with Crippen LogP contribution in [0, 0.1) is 0 Å². The molecule has 298 valence electrons. The van der Waals surface area contributed by atoms with Crippen molar-refractivity contribution in [1.82, 2.24) is 19.9 Å². The molecule has 0 unspecified atom stereocenters. The number of hydrogen-bond donors (Lipinski definition) is 0. The third kappa shape index (κ3) is 7.22. The maximum atomic E-state index is 5.12. The molecule has 0 spiro atoms. The molecule has 0 saturated carbocycles. The molecule has 1 aliphatic rings. The van der Waals surface area contributed by atoms with Crippen LogP contribution in [-0.4, -0.2) is 19.9 Å². The fourth-order valence-electron chi connectivity index (χ4n) is 8.98. The van der Waals surface area contributed by atoms with E-state index in [-0.39, 0.29) is 5.41 Å². The molecule has 0 amide bonds. The van der Waals surface area contributed by atoms with Gasteiger partial charge in [-0.2, -0.15) is 0 Å². The van der Waals surface area contributed by atoms with Gasteiger partial charge in [0, 0.05) is 38.8 Å². The minimum atomic E-state index is -0.142. The van der Waals surface area contributed by atoms with Crippen molar-refractivity contribution in [2.45, 2.75) is 19.3 Å². The first-order valence-electron chi connectivity index (χ1n) is 21.5. The Bertz CT molecular complexity index is 2950. The van der Waals surface area contributed by atoms with Crippen LogP contribution in [0.5, 0.6) is 0 Å². The average Bonchev–Trinajstić information content (AvgIpc) is 3.59. The van der Waals surface area contributed by atoms with Crippen LogP contribution in [0.1, 0.15) is 25.0 Å². The highest BCUT2D eigenvalue weighted by molar-refractivity contribution is 5.88. The fraction of sp³-hybridized carbons (Fsp3) is 0.0508. The van der Waals surface area contributed by atoms with Gasteiger partial charge in [0.25, 0.3) is 0 Å². The smallest absolute Gasteiger partial charge is 0.160 e. The lowest BCUT2D eigenvalue weighted by atomic mass is 9.82. The maximum absolute atomic E-state index is 5.12. The summed E-state index contributed by atoms with van der Waals surface area (Å²) in [5.41, 5.74) is 19.4. The van der Waals surface area contributed by atoms with Crippen molar-refractivity contribution in [2.24, 2.45) is 0 Å². The van der Waals surface area contributed by atoms with Gasteiger partial charge in [-0.1, -0.05) is 196 Å². The molecule has 8 aromatic carbocycles. The standard InChI is InChI=1S/C59H42N4/c1-59(2)51-31-29-45(43-25-15-27-47(33-43)55-37-53(39-17-7-3-8-18-39)60-57(62-55)41-21-11-5-12-22-41)35-49(51)50-36-46(30-32-52(50)59)44-26-16-28-48(34-44)56-38-54(40-19-9-4-10-20-40)61-58(63-56)42-23-13-6-14-24-42/h3-38H,1-2H3. The van der Waals surface area contributed by atoms with Gasteiger partial charge >= 0.3 is 0 Å². The number of nitrogens with zero attached hydrogens (tertiary/aromatic N) is 4. The van der Waals surface area contributed by atoms with Gasteiger partial charge in [0.15, 0.2) is 11.6 Å². The second-order valence-electron chi connectivity index (χ2n) is 16.7. The third-order valence-electron chi connectivity index (χ3n) is 12.3. The van der Waals surface area contributed by atoms with E-state index in [1.165, 1.54) is 33.4 Å². The Morgan fingerprint density at radius 3 is 0.937 bits per heavy atom. The molecule has 4 heteroatoms. The Labute approximate surface area is 368 Å². The first-order chi connectivity index (χ1) is 30.9. The van der Waals surface area contributed by atoms with Crippen molar-refractivity contribution in [3.63, 3.8) is 0 Å². The lowest BCUT2D eigenvalue weighted by Crippen LogP contribution is -2.14. The summed E-state index contributed by atoms with van der Waals surface area (Å²) < 4.78 is 0. The average molecular weight is 807 g/mol. The molecular formula is C59H42N4. The second kappa shape index (κ2) is 15.7. The quantitative estimate of drug-likeness (QED) is 0.153. The Balaban J connectivity index is 0.965. The van der Waals surface area contributed by atoms with E-state index in [9.17, 15) is 0 Å². The van der Waals surface area contributed by atoms with Gasteiger partial charge in [0.1, 0.15) is 0 Å². The van der Waals surface area contributed by atoms with Crippen molar-refractivity contribution in [1.29, 1.82) is 0 Å². The van der Waals surface area contributed by atoms with Crippen LogP contribution in [0.2, 0.25) is 0 Å². The molecule has 4 nitrogen and oxygen atoms in total. The van der Waals surface area contributed by atoms with Gasteiger partial charge < -0.3 is 0 Å². The summed E-state index contributed by atoms with van der Waals surface area (Å²) in [6, 6.07) is 76.8. The number of benzene rings is 8. The Morgan fingerprint density at radius 2 is 0.556 bits per heavy atom. The van der Waals surface area contributed by atoms with E-state index in [0.29, 0.717) is 11.6 Å². The predicted octanol–water partition coefficient (Wildman–Crippen LogP) is 14.9. The van der Waals surface area contributed by atoms with Crippen LogP contribution in [0.4, 0.5) is 0 Å². The number of aromatic nitrogens is 4. The van der Waals surface area contributed by atoms with Crippen LogP contribution in [0.25, 0.3) is 101 Å². The zero-order chi connectivity index (χ0) is 42.3. The summed E-state index contributed by atoms with van der Waals surface area (Å²) >= 11 is 0. The molecular weight excluding hydrogens is 765 g/mol. The largest absolute Gasteiger partial charge is 0.228 e. The summed E-state index contributed by atoms with van der Waals surface area (Å²) in [6.45, 7) is 4.68. The summed E-state index contributed by atoms with van der Waals surface area (Å²) in [5, 5.41) is 0. The molecule has 0 saturated heterocycles. The monoisotopic (exact) mass is 806 g/mol. The van der Waals surface area contributed by atoms with Gasteiger partial charge in [-0.05, 0) is 80.9 Å². The Morgan fingerprint density at radius 1 is 0.254 bits per heavy atom. The van der Waals surface area contributed by atoms with Crippen molar-refractivity contribution in [2.75, 3.05) is 0 Å². The van der Waals surface area contributed by atoms with Gasteiger partial charge in [-0.25, -0.2) is 19.9 Å². The van der Waals surface area contributed by atoms with E-state index in [2.05, 4.69) is 184 Å². The zero-order valence-electron chi connectivity index (χ0n) is 35.1. The van der Waals surface area contributed by atoms with Gasteiger partial charge in [0.2, 0.25) is 0 Å². The summed E-state index contributed by atoms with van der Waals surface area (Å²) in [7, 11) is 0. The molecule has 0 aliphatic heterocycles. The first-order valence-corrected chi connectivity index (χ1v) is 21.5. The lowest BCUT2D eigenvalue weighted by molar-refractivity contribution is 0.660. The molecule has 63 heavy (non-hydrogen) atoms. The molecule has 10 aromatic rings. The van der Waals surface area contributed by atoms with Gasteiger partial charge in [-0.3, -0.25) is 0 Å². The van der Waals surface area contributed by atoms with E-state index < -0.39 is 0 Å². The van der Waals surface area contributed by atoms with Crippen molar-refractivity contribution < 1.29 is 0 Å². The normalized spacial score (nSPS) is 12.4. The van der Waals surface area contributed by atoms with E-state index in [0.717, 1.165) is 67.3 Å². The molecule has 0 fully saturated rings. The van der Waals surface area contributed by atoms with Crippen molar-refractivity contribution >= 4 is 0 Å². The topological polar surface area (TPSA) is 51.6 Å². The summed E-state index contributed by atoms with van der Waals surface area (Å²) in [6.07, 6.45) is 0. The number of hydrogen-bond acceptors (Lipinski definition) is 4. The molecule has 0 atom stereocenters. The van der Waals surface area contributed by atoms with E-state index in [1.54, 1.807) is 0 Å². The molecule has 0 radical (unpaired) electrons. The summed E-state index contributed by atoms with van der Waals surface area (Å²) in [4.78, 5) is 20.3. The lowest BCUT2D eigenvalue weighted by Gasteiger charge is -2.21. The highest BCUT2D eigenvalue weighted by atomic mass is 14.9. The van der Waals surface area contributed by atoms with E-state index in [4.69, 9.17) is 19.9 Å². The third-order valence-corrected chi connectivity index (χ3v) is 12.3. The molecule has 2 heterocycles. The van der Waals surface area contributed by atoms with Crippen LogP contribution in [0.3, 0.4) is 0 Å². The van der Waals surface area contributed by atoms with Crippen molar-refractivity contribution in [3.05, 3.63) is 230 Å². The second-order valence-corrected chi connectivity index (χ2v) is 16.7. The Kier molecular flexibility index (Phi) is 9.47. The Hall–Kier alpha value is -8.08. The van der Waals surface area contributed by atoms with E-state index in [1.807, 2.05) is 48.5 Å². The van der Waals surface area contributed by atoms with Crippen LogP contribution in [0.15, 0.2) is 218 Å². The fourth-order valence-corrected chi connectivity index (χ4v) is 8.98. The van der Waals surface area contributed by atoms with Crippen LogP contribution in [-0.2, 0) is 5.41 Å². The minimum absolute atomic E-state index is 0.142. The molecule has 2 aromatic heterocycles. The zero-order valence-corrected chi connectivity index (χ0v) is 35.1. The molecule has 1 aliphatic carbocycles.